The number of ether oxygens (including phenoxy) is 1. The Kier molecular flexibility index (Phi) is 5.87. The molecule has 29 heavy (non-hydrogen) atoms. The van der Waals surface area contributed by atoms with Crippen molar-refractivity contribution in [3.05, 3.63) is 45.8 Å². The van der Waals surface area contributed by atoms with E-state index < -0.39 is 5.91 Å². The highest BCUT2D eigenvalue weighted by Gasteiger charge is 2.35. The zero-order valence-electron chi connectivity index (χ0n) is 16.8. The highest BCUT2D eigenvalue weighted by molar-refractivity contribution is 7.17. The van der Waals surface area contributed by atoms with Gasteiger partial charge in [-0.05, 0) is 55.5 Å². The van der Waals surface area contributed by atoms with Gasteiger partial charge in [-0.1, -0.05) is 0 Å². The standard InChI is InChI=1S/C22H27N3O3S/c1-28-16-10-6-14(7-11-16)12-25(15-8-9-15)13-19(26)24-22-20(21(23)27)17-4-2-3-5-18(17)29-22/h6-7,10-11,15H,2-5,8-9,12-13H2,1H3,(H2,23,27)(H,24,26)/p+1. The zero-order valence-corrected chi connectivity index (χ0v) is 17.6. The molecule has 0 bridgehead atoms. The van der Waals surface area contributed by atoms with E-state index in [1.165, 1.54) is 26.7 Å². The summed E-state index contributed by atoms with van der Waals surface area (Å²) in [5.41, 5.74) is 8.41. The molecule has 4 rings (SSSR count). The van der Waals surface area contributed by atoms with Gasteiger partial charge < -0.3 is 20.7 Å². The van der Waals surface area contributed by atoms with Gasteiger partial charge in [0.2, 0.25) is 0 Å². The van der Waals surface area contributed by atoms with Crippen LogP contribution in [0.3, 0.4) is 0 Å². The molecule has 0 aliphatic heterocycles. The number of primary amides is 1. The van der Waals surface area contributed by atoms with E-state index in [1.54, 1.807) is 7.11 Å². The maximum Gasteiger partial charge on any atom is 0.280 e. The summed E-state index contributed by atoms with van der Waals surface area (Å²) in [4.78, 5) is 27.3. The van der Waals surface area contributed by atoms with Crippen LogP contribution in [0.25, 0.3) is 0 Å². The van der Waals surface area contributed by atoms with Crippen LogP contribution in [0, 0.1) is 0 Å². The number of quaternary nitrogens is 1. The molecule has 0 saturated heterocycles. The first-order valence-corrected chi connectivity index (χ1v) is 11.1. The molecule has 7 heteroatoms. The van der Waals surface area contributed by atoms with Gasteiger partial charge in [-0.3, -0.25) is 9.59 Å². The van der Waals surface area contributed by atoms with Gasteiger partial charge in [-0.15, -0.1) is 11.3 Å². The summed E-state index contributed by atoms with van der Waals surface area (Å²) in [6, 6.07) is 8.54. The number of hydrogen-bond acceptors (Lipinski definition) is 4. The third kappa shape index (κ3) is 4.62. The Hall–Kier alpha value is -2.38. The van der Waals surface area contributed by atoms with Gasteiger partial charge in [-0.2, -0.15) is 0 Å². The van der Waals surface area contributed by atoms with Crippen molar-refractivity contribution in [2.45, 2.75) is 51.1 Å². The summed E-state index contributed by atoms with van der Waals surface area (Å²) in [5.74, 6) is 0.339. The molecule has 1 aromatic carbocycles. The molecule has 2 aliphatic carbocycles. The number of carbonyl (C=O) groups excluding carboxylic acids is 2. The van der Waals surface area contributed by atoms with Crippen LogP contribution >= 0.6 is 11.3 Å². The predicted octanol–water partition coefficient (Wildman–Crippen LogP) is 1.92. The molecule has 2 aromatic rings. The fraction of sp³-hybridized carbons (Fsp3) is 0.455. The normalized spacial score (nSPS) is 16.7. The van der Waals surface area contributed by atoms with Crippen molar-refractivity contribution in [3.63, 3.8) is 0 Å². The Bertz CT molecular complexity index is 903. The molecule has 1 heterocycles. The Labute approximate surface area is 175 Å². The minimum absolute atomic E-state index is 0.0542. The fourth-order valence-corrected chi connectivity index (χ4v) is 5.45. The molecule has 2 aliphatic rings. The van der Waals surface area contributed by atoms with Crippen LogP contribution in [-0.4, -0.2) is 31.5 Å². The fourth-order valence-electron chi connectivity index (χ4n) is 4.14. The molecular weight excluding hydrogens is 386 g/mol. The van der Waals surface area contributed by atoms with Gasteiger partial charge in [0.25, 0.3) is 11.8 Å². The average molecular weight is 415 g/mol. The van der Waals surface area contributed by atoms with Crippen LogP contribution in [0.5, 0.6) is 5.75 Å². The molecule has 0 spiro atoms. The number of nitrogens with one attached hydrogen (secondary N) is 2. The molecule has 1 aromatic heterocycles. The van der Waals surface area contributed by atoms with Crippen LogP contribution < -0.4 is 20.7 Å². The Morgan fingerprint density at radius 1 is 1.21 bits per heavy atom. The van der Waals surface area contributed by atoms with Crippen molar-refractivity contribution >= 4 is 28.2 Å². The number of amides is 2. The number of benzene rings is 1. The molecule has 1 saturated carbocycles. The Balaban J connectivity index is 1.45. The van der Waals surface area contributed by atoms with E-state index in [1.807, 2.05) is 12.1 Å². The van der Waals surface area contributed by atoms with E-state index in [2.05, 4.69) is 17.4 Å². The lowest BCUT2D eigenvalue weighted by molar-refractivity contribution is -0.916. The molecule has 4 N–H and O–H groups in total. The molecule has 6 nitrogen and oxygen atoms in total. The van der Waals surface area contributed by atoms with E-state index in [-0.39, 0.29) is 5.91 Å². The first-order valence-electron chi connectivity index (χ1n) is 10.3. The molecule has 0 radical (unpaired) electrons. The smallest absolute Gasteiger partial charge is 0.280 e. The maximum atomic E-state index is 12.8. The SMILES string of the molecule is COc1ccc(C[NH+](CC(=O)Nc2sc3c(c2C(N)=O)CCCC3)C2CC2)cc1. The van der Waals surface area contributed by atoms with Gasteiger partial charge in [0.05, 0.1) is 18.7 Å². The number of fused-ring (bicyclic) bond motifs is 1. The van der Waals surface area contributed by atoms with Crippen molar-refractivity contribution < 1.29 is 19.2 Å². The number of aryl methyl sites for hydroxylation is 1. The second-order valence-electron chi connectivity index (χ2n) is 7.96. The van der Waals surface area contributed by atoms with Crippen LogP contribution in [-0.2, 0) is 24.2 Å². The highest BCUT2D eigenvalue weighted by Crippen LogP contribution is 2.37. The predicted molar refractivity (Wildman–Crippen MR) is 114 cm³/mol. The largest absolute Gasteiger partial charge is 0.497 e. The second-order valence-corrected chi connectivity index (χ2v) is 9.07. The monoisotopic (exact) mass is 414 g/mol. The Morgan fingerprint density at radius 2 is 1.93 bits per heavy atom. The van der Waals surface area contributed by atoms with E-state index >= 15 is 0 Å². The maximum absolute atomic E-state index is 12.8. The summed E-state index contributed by atoms with van der Waals surface area (Å²) in [6.45, 7) is 1.18. The molecule has 2 amide bonds. The lowest BCUT2D eigenvalue weighted by Crippen LogP contribution is -3.13. The summed E-state index contributed by atoms with van der Waals surface area (Å²) in [5, 5.41) is 3.64. The highest BCUT2D eigenvalue weighted by atomic mass is 32.1. The lowest BCUT2D eigenvalue weighted by Gasteiger charge is -2.19. The van der Waals surface area contributed by atoms with E-state index in [0.717, 1.165) is 56.4 Å². The zero-order chi connectivity index (χ0) is 20.4. The second kappa shape index (κ2) is 8.55. The number of thiophene rings is 1. The Morgan fingerprint density at radius 3 is 2.59 bits per heavy atom. The van der Waals surface area contributed by atoms with Gasteiger partial charge in [0.15, 0.2) is 6.54 Å². The first kappa shape index (κ1) is 19.9. The van der Waals surface area contributed by atoms with Crippen molar-refractivity contribution in [3.8, 4) is 5.75 Å². The molecular formula is C22H28N3O3S+. The van der Waals surface area contributed by atoms with Crippen LogP contribution in [0.1, 0.15) is 52.0 Å². The third-order valence-electron chi connectivity index (χ3n) is 5.80. The minimum Gasteiger partial charge on any atom is -0.497 e. The van der Waals surface area contributed by atoms with Gasteiger partial charge in [0.1, 0.15) is 17.3 Å². The third-order valence-corrected chi connectivity index (χ3v) is 7.01. The molecule has 1 atom stereocenters. The topological polar surface area (TPSA) is 85.9 Å². The van der Waals surface area contributed by atoms with Gasteiger partial charge in [-0.25, -0.2) is 0 Å². The van der Waals surface area contributed by atoms with Gasteiger partial charge in [0, 0.05) is 23.3 Å². The number of anilines is 1. The quantitative estimate of drug-likeness (QED) is 0.617. The van der Waals surface area contributed by atoms with Crippen molar-refractivity contribution in [1.29, 1.82) is 0 Å². The number of methoxy groups -OCH3 is 1. The molecule has 1 unspecified atom stereocenters. The van der Waals surface area contributed by atoms with Crippen LogP contribution in [0.2, 0.25) is 0 Å². The van der Waals surface area contributed by atoms with E-state index in [0.29, 0.717) is 23.2 Å². The number of nitrogens with two attached hydrogens (primary N) is 1. The number of hydrogen-bond donors (Lipinski definition) is 3. The van der Waals surface area contributed by atoms with E-state index in [9.17, 15) is 9.59 Å². The lowest BCUT2D eigenvalue weighted by atomic mass is 9.95. The average Bonchev–Trinajstić information content (AvgIpc) is 3.49. The summed E-state index contributed by atoms with van der Waals surface area (Å²) in [7, 11) is 1.66. The number of carbonyl (C=O) groups is 2. The van der Waals surface area contributed by atoms with Crippen LogP contribution in [0.15, 0.2) is 24.3 Å². The summed E-state index contributed by atoms with van der Waals surface area (Å²) >= 11 is 1.52. The summed E-state index contributed by atoms with van der Waals surface area (Å²) in [6.07, 6.45) is 6.33. The van der Waals surface area contributed by atoms with Crippen molar-refractivity contribution in [2.24, 2.45) is 5.73 Å². The first-order chi connectivity index (χ1) is 14.0. The summed E-state index contributed by atoms with van der Waals surface area (Å²) < 4.78 is 5.22. The molecule has 154 valence electrons. The van der Waals surface area contributed by atoms with Crippen molar-refractivity contribution in [1.82, 2.24) is 0 Å². The van der Waals surface area contributed by atoms with Crippen molar-refractivity contribution in [2.75, 3.05) is 19.0 Å². The van der Waals surface area contributed by atoms with Crippen LogP contribution in [0.4, 0.5) is 5.00 Å². The van der Waals surface area contributed by atoms with E-state index in [4.69, 9.17) is 10.5 Å². The molecule has 1 fully saturated rings. The van der Waals surface area contributed by atoms with Gasteiger partial charge >= 0.3 is 0 Å². The minimum atomic E-state index is -0.440. The number of rotatable bonds is 8.